The van der Waals surface area contributed by atoms with Crippen LogP contribution in [0.2, 0.25) is 0 Å². The van der Waals surface area contributed by atoms with Crippen molar-refractivity contribution in [2.24, 2.45) is 0 Å². The number of aliphatic carboxylic acids is 1. The van der Waals surface area contributed by atoms with Crippen LogP contribution in [0.25, 0.3) is 0 Å². The third-order valence-corrected chi connectivity index (χ3v) is 3.41. The molecule has 0 spiro atoms. The molecule has 0 aliphatic rings. The zero-order chi connectivity index (χ0) is 17.0. The molecule has 6 heteroatoms. The monoisotopic (exact) mass is 319 g/mol. The van der Waals surface area contributed by atoms with Crippen LogP contribution in [0, 0.1) is 18.6 Å². The van der Waals surface area contributed by atoms with Crippen LogP contribution in [0.3, 0.4) is 0 Å². The molecule has 0 bridgehead atoms. The number of hydrogen-bond acceptors (Lipinski definition) is 2. The van der Waals surface area contributed by atoms with Gasteiger partial charge in [0.25, 0.3) is 5.91 Å². The molecule has 2 aromatic carbocycles. The first-order valence-electron chi connectivity index (χ1n) is 6.91. The van der Waals surface area contributed by atoms with E-state index in [1.165, 1.54) is 0 Å². The maximum atomic E-state index is 13.1. The normalized spacial score (nSPS) is 11.8. The molecule has 2 aromatic rings. The molecule has 0 unspecified atom stereocenters. The van der Waals surface area contributed by atoms with E-state index in [4.69, 9.17) is 0 Å². The summed E-state index contributed by atoms with van der Waals surface area (Å²) in [5.41, 5.74) is 1.40. The number of carboxylic acid groups (broad SMARTS) is 1. The number of carbonyl (C=O) groups excluding carboxylic acids is 1. The Morgan fingerprint density at radius 1 is 1.13 bits per heavy atom. The van der Waals surface area contributed by atoms with Crippen LogP contribution in [0.15, 0.2) is 42.5 Å². The van der Waals surface area contributed by atoms with Crippen molar-refractivity contribution >= 4 is 11.9 Å². The number of nitrogens with one attached hydrogen (secondary N) is 1. The van der Waals surface area contributed by atoms with Gasteiger partial charge >= 0.3 is 5.97 Å². The summed E-state index contributed by atoms with van der Waals surface area (Å²) in [5.74, 6) is -3.87. The Balaban J connectivity index is 2.18. The van der Waals surface area contributed by atoms with E-state index in [2.05, 4.69) is 5.32 Å². The highest BCUT2D eigenvalue weighted by Crippen LogP contribution is 2.12. The Hall–Kier alpha value is -2.76. The molecule has 0 fully saturated rings. The molecule has 0 aromatic heterocycles. The summed E-state index contributed by atoms with van der Waals surface area (Å²) < 4.78 is 26.3. The average molecular weight is 319 g/mol. The molecular weight excluding hydrogens is 304 g/mol. The smallest absolute Gasteiger partial charge is 0.326 e. The molecule has 0 radical (unpaired) electrons. The fourth-order valence-corrected chi connectivity index (χ4v) is 2.19. The van der Waals surface area contributed by atoms with Crippen LogP contribution < -0.4 is 5.32 Å². The summed E-state index contributed by atoms with van der Waals surface area (Å²) in [6.07, 6.45) is 0.0749. The van der Waals surface area contributed by atoms with Gasteiger partial charge in [0.2, 0.25) is 0 Å². The third-order valence-electron chi connectivity index (χ3n) is 3.41. The molecule has 0 aliphatic heterocycles. The highest BCUT2D eigenvalue weighted by molar-refractivity contribution is 5.96. The van der Waals surface area contributed by atoms with Crippen LogP contribution in [-0.2, 0) is 11.2 Å². The first-order valence-corrected chi connectivity index (χ1v) is 6.91. The van der Waals surface area contributed by atoms with Crippen LogP contribution in [0.1, 0.15) is 21.5 Å². The van der Waals surface area contributed by atoms with Crippen LogP contribution >= 0.6 is 0 Å². The highest BCUT2D eigenvalue weighted by atomic mass is 19.1. The molecule has 1 atom stereocenters. The fourth-order valence-electron chi connectivity index (χ4n) is 2.19. The number of hydrogen-bond donors (Lipinski definition) is 2. The first-order chi connectivity index (χ1) is 10.9. The number of carbonyl (C=O) groups is 2. The lowest BCUT2D eigenvalue weighted by Gasteiger charge is -2.16. The molecular formula is C17H15F2NO3. The van der Waals surface area contributed by atoms with E-state index >= 15 is 0 Å². The van der Waals surface area contributed by atoms with Gasteiger partial charge in [-0.15, -0.1) is 0 Å². The predicted molar refractivity (Wildman–Crippen MR) is 80.1 cm³/mol. The van der Waals surface area contributed by atoms with Gasteiger partial charge in [-0.3, -0.25) is 4.79 Å². The maximum Gasteiger partial charge on any atom is 0.326 e. The second-order valence-corrected chi connectivity index (χ2v) is 5.15. The molecule has 120 valence electrons. The molecule has 4 nitrogen and oxygen atoms in total. The van der Waals surface area contributed by atoms with Crippen molar-refractivity contribution in [2.75, 3.05) is 0 Å². The highest BCUT2D eigenvalue weighted by Gasteiger charge is 2.22. The standard InChI is InChI=1S/C17H15F2NO3/c1-10-4-2-3-5-11(10)8-15(17(22)23)20-16(21)12-6-13(18)9-14(19)7-12/h2-7,9,15H,8H2,1H3,(H,20,21)(H,22,23)/t15-/m0/s1. The summed E-state index contributed by atoms with van der Waals surface area (Å²) >= 11 is 0. The molecule has 2 N–H and O–H groups in total. The number of halogens is 2. The van der Waals surface area contributed by atoms with Crippen molar-refractivity contribution in [3.05, 3.63) is 70.8 Å². The molecule has 1 amide bonds. The lowest BCUT2D eigenvalue weighted by atomic mass is 10.0. The number of benzene rings is 2. The minimum atomic E-state index is -1.22. The molecule has 0 saturated carbocycles. The van der Waals surface area contributed by atoms with Crippen molar-refractivity contribution in [1.82, 2.24) is 5.32 Å². The number of carboxylic acids is 1. The van der Waals surface area contributed by atoms with Crippen molar-refractivity contribution < 1.29 is 23.5 Å². The van der Waals surface area contributed by atoms with Gasteiger partial charge in [0.05, 0.1) is 0 Å². The van der Waals surface area contributed by atoms with Gasteiger partial charge in [0.1, 0.15) is 17.7 Å². The second kappa shape index (κ2) is 7.00. The van der Waals surface area contributed by atoms with E-state index < -0.39 is 29.6 Å². The Kier molecular flexibility index (Phi) is 5.05. The SMILES string of the molecule is Cc1ccccc1C[C@H](NC(=O)c1cc(F)cc(F)c1)C(=O)O. The van der Waals surface area contributed by atoms with Gasteiger partial charge < -0.3 is 10.4 Å². The van der Waals surface area contributed by atoms with E-state index in [1.54, 1.807) is 12.1 Å². The maximum absolute atomic E-state index is 13.1. The largest absolute Gasteiger partial charge is 0.480 e. The van der Waals surface area contributed by atoms with Crippen molar-refractivity contribution in [3.63, 3.8) is 0 Å². The molecule has 23 heavy (non-hydrogen) atoms. The zero-order valence-electron chi connectivity index (χ0n) is 12.3. The van der Waals surface area contributed by atoms with Crippen molar-refractivity contribution in [1.29, 1.82) is 0 Å². The van der Waals surface area contributed by atoms with Crippen LogP contribution in [0.4, 0.5) is 8.78 Å². The van der Waals surface area contributed by atoms with Crippen LogP contribution in [0.5, 0.6) is 0 Å². The van der Waals surface area contributed by atoms with Gasteiger partial charge in [-0.1, -0.05) is 24.3 Å². The number of rotatable bonds is 5. The van der Waals surface area contributed by atoms with Gasteiger partial charge in [0.15, 0.2) is 0 Å². The third kappa shape index (κ3) is 4.35. The lowest BCUT2D eigenvalue weighted by Crippen LogP contribution is -2.42. The van der Waals surface area contributed by atoms with Crippen molar-refractivity contribution in [2.45, 2.75) is 19.4 Å². The van der Waals surface area contributed by atoms with E-state index in [0.717, 1.165) is 23.3 Å². The average Bonchev–Trinajstić information content (AvgIpc) is 2.47. The lowest BCUT2D eigenvalue weighted by molar-refractivity contribution is -0.139. The topological polar surface area (TPSA) is 66.4 Å². The van der Waals surface area contributed by atoms with E-state index in [0.29, 0.717) is 6.07 Å². The Labute approximate surface area is 131 Å². The molecule has 0 aliphatic carbocycles. The van der Waals surface area contributed by atoms with Gasteiger partial charge in [0, 0.05) is 18.1 Å². The second-order valence-electron chi connectivity index (χ2n) is 5.15. The first kappa shape index (κ1) is 16.6. The predicted octanol–water partition coefficient (Wildman–Crippen LogP) is 2.70. The van der Waals surface area contributed by atoms with Gasteiger partial charge in [-0.2, -0.15) is 0 Å². The number of aryl methyl sites for hydroxylation is 1. The summed E-state index contributed by atoms with van der Waals surface area (Å²) in [7, 11) is 0. The zero-order valence-corrected chi connectivity index (χ0v) is 12.3. The van der Waals surface area contributed by atoms with E-state index in [1.807, 2.05) is 19.1 Å². The Bertz CT molecular complexity index is 726. The molecule has 2 rings (SSSR count). The van der Waals surface area contributed by atoms with E-state index in [9.17, 15) is 23.5 Å². The van der Waals surface area contributed by atoms with Gasteiger partial charge in [-0.25, -0.2) is 13.6 Å². The Morgan fingerprint density at radius 2 is 1.74 bits per heavy atom. The number of amides is 1. The minimum Gasteiger partial charge on any atom is -0.480 e. The van der Waals surface area contributed by atoms with Crippen molar-refractivity contribution in [3.8, 4) is 0 Å². The summed E-state index contributed by atoms with van der Waals surface area (Å²) in [6.45, 7) is 1.83. The molecule has 0 saturated heterocycles. The van der Waals surface area contributed by atoms with Gasteiger partial charge in [-0.05, 0) is 30.2 Å². The fraction of sp³-hybridized carbons (Fsp3) is 0.176. The minimum absolute atomic E-state index is 0.0749. The summed E-state index contributed by atoms with van der Waals surface area (Å²) in [6, 6.07) is 8.33. The summed E-state index contributed by atoms with van der Waals surface area (Å²) in [4.78, 5) is 23.4. The summed E-state index contributed by atoms with van der Waals surface area (Å²) in [5, 5.41) is 11.6. The van der Waals surface area contributed by atoms with E-state index in [-0.39, 0.29) is 12.0 Å². The quantitative estimate of drug-likeness (QED) is 0.890. The Morgan fingerprint density at radius 3 is 2.30 bits per heavy atom. The van der Waals surface area contributed by atoms with Crippen LogP contribution in [-0.4, -0.2) is 23.0 Å². The molecule has 0 heterocycles.